The summed E-state index contributed by atoms with van der Waals surface area (Å²) in [6, 6.07) is 0. The first-order valence-electron chi connectivity index (χ1n) is 4.28. The van der Waals surface area contributed by atoms with Crippen LogP contribution in [0.5, 0.6) is 0 Å². The largest absolute Gasteiger partial charge is 0.396 e. The molecule has 0 aliphatic carbocycles. The molecule has 0 saturated heterocycles. The van der Waals surface area contributed by atoms with E-state index < -0.39 is 34.0 Å². The van der Waals surface area contributed by atoms with Crippen LogP contribution >= 0.6 is 0 Å². The van der Waals surface area contributed by atoms with Gasteiger partial charge in [0, 0.05) is 12.5 Å². The fourth-order valence-electron chi connectivity index (χ4n) is 1.46. The van der Waals surface area contributed by atoms with Gasteiger partial charge in [0.15, 0.2) is 0 Å². The van der Waals surface area contributed by atoms with Gasteiger partial charge < -0.3 is 15.9 Å². The van der Waals surface area contributed by atoms with E-state index in [0.29, 0.717) is 0 Å². The highest BCUT2D eigenvalue weighted by atomic mass is 32.2. The standard InChI is InChI=1S/C7H17NO5S/c1-2-7(5-10,14(11,12)13)6(3-8)4-9/h6,9-10H,2-5,8H2,1H3,(H,11,12,13). The Labute approximate surface area is 83.5 Å². The Bertz CT molecular complexity index is 255. The molecule has 0 radical (unpaired) electrons. The quantitative estimate of drug-likeness (QED) is 0.413. The highest BCUT2D eigenvalue weighted by molar-refractivity contribution is 7.87. The van der Waals surface area contributed by atoms with Crippen LogP contribution in [0.3, 0.4) is 0 Å². The lowest BCUT2D eigenvalue weighted by Crippen LogP contribution is -2.52. The summed E-state index contributed by atoms with van der Waals surface area (Å²) in [5.74, 6) is -0.868. The Hall–Kier alpha value is -0.210. The summed E-state index contributed by atoms with van der Waals surface area (Å²) in [6.07, 6.45) is -0.00917. The molecular formula is C7H17NO5S. The number of hydrogen-bond donors (Lipinski definition) is 4. The molecule has 0 saturated carbocycles. The van der Waals surface area contributed by atoms with Crippen LogP contribution in [-0.2, 0) is 10.1 Å². The van der Waals surface area contributed by atoms with Crippen LogP contribution in [0.4, 0.5) is 0 Å². The summed E-state index contributed by atoms with van der Waals surface area (Å²) in [7, 11) is -4.44. The van der Waals surface area contributed by atoms with Gasteiger partial charge in [-0.05, 0) is 13.0 Å². The molecule has 0 aromatic carbocycles. The Morgan fingerprint density at radius 2 is 1.93 bits per heavy atom. The van der Waals surface area contributed by atoms with Crippen molar-refractivity contribution in [2.45, 2.75) is 18.1 Å². The lowest BCUT2D eigenvalue weighted by Gasteiger charge is -2.33. The van der Waals surface area contributed by atoms with E-state index in [-0.39, 0.29) is 13.0 Å². The molecule has 6 nitrogen and oxygen atoms in total. The van der Waals surface area contributed by atoms with Crippen molar-refractivity contribution in [2.75, 3.05) is 19.8 Å². The summed E-state index contributed by atoms with van der Waals surface area (Å²) in [5, 5.41) is 18.0. The summed E-state index contributed by atoms with van der Waals surface area (Å²) >= 11 is 0. The molecule has 0 spiro atoms. The van der Waals surface area contributed by atoms with Gasteiger partial charge in [0.1, 0.15) is 4.75 Å². The molecule has 0 bridgehead atoms. The maximum atomic E-state index is 11.1. The molecule has 7 heteroatoms. The third-order valence-corrected chi connectivity index (χ3v) is 4.41. The second kappa shape index (κ2) is 5.04. The van der Waals surface area contributed by atoms with Crippen molar-refractivity contribution in [2.24, 2.45) is 11.7 Å². The summed E-state index contributed by atoms with van der Waals surface area (Å²) in [4.78, 5) is 0. The number of nitrogens with two attached hydrogens (primary N) is 1. The molecule has 0 aromatic heterocycles. The average molecular weight is 227 g/mol. The predicted molar refractivity (Wildman–Crippen MR) is 51.3 cm³/mol. The van der Waals surface area contributed by atoms with Gasteiger partial charge >= 0.3 is 0 Å². The van der Waals surface area contributed by atoms with Gasteiger partial charge in [-0.1, -0.05) is 6.92 Å². The third-order valence-electron chi connectivity index (χ3n) is 2.63. The fraction of sp³-hybridized carbons (Fsp3) is 1.00. The second-order valence-corrected chi connectivity index (χ2v) is 4.93. The van der Waals surface area contributed by atoms with Gasteiger partial charge in [0.05, 0.1) is 6.61 Å². The Morgan fingerprint density at radius 3 is 2.00 bits per heavy atom. The van der Waals surface area contributed by atoms with Crippen molar-refractivity contribution in [3.8, 4) is 0 Å². The second-order valence-electron chi connectivity index (χ2n) is 3.17. The summed E-state index contributed by atoms with van der Waals surface area (Å²) in [5.41, 5.74) is 5.27. The van der Waals surface area contributed by atoms with E-state index in [1.54, 1.807) is 0 Å². The van der Waals surface area contributed by atoms with Crippen LogP contribution < -0.4 is 5.73 Å². The normalized spacial score (nSPS) is 18.9. The minimum absolute atomic E-state index is 0.00917. The van der Waals surface area contributed by atoms with Crippen molar-refractivity contribution >= 4 is 10.1 Å². The Kier molecular flexibility index (Phi) is 4.96. The van der Waals surface area contributed by atoms with Gasteiger partial charge in [0.25, 0.3) is 10.1 Å². The lowest BCUT2D eigenvalue weighted by molar-refractivity contribution is 0.131. The Morgan fingerprint density at radius 1 is 1.43 bits per heavy atom. The van der Waals surface area contributed by atoms with Crippen molar-refractivity contribution in [3.63, 3.8) is 0 Å². The molecule has 5 N–H and O–H groups in total. The first-order chi connectivity index (χ1) is 6.39. The minimum atomic E-state index is -4.44. The highest BCUT2D eigenvalue weighted by Crippen LogP contribution is 2.29. The number of aliphatic hydroxyl groups is 2. The minimum Gasteiger partial charge on any atom is -0.396 e. The van der Waals surface area contributed by atoms with Crippen LogP contribution in [0.15, 0.2) is 0 Å². The number of aliphatic hydroxyl groups excluding tert-OH is 2. The molecule has 0 rings (SSSR count). The molecule has 0 aliphatic rings. The van der Waals surface area contributed by atoms with Crippen molar-refractivity contribution in [1.82, 2.24) is 0 Å². The van der Waals surface area contributed by atoms with E-state index >= 15 is 0 Å². The first kappa shape index (κ1) is 13.8. The van der Waals surface area contributed by atoms with Crippen molar-refractivity contribution in [3.05, 3.63) is 0 Å². The zero-order chi connectivity index (χ0) is 11.4. The first-order valence-corrected chi connectivity index (χ1v) is 5.72. The van der Waals surface area contributed by atoms with Gasteiger partial charge in [-0.3, -0.25) is 4.55 Å². The molecule has 0 fully saturated rings. The average Bonchev–Trinajstić information content (AvgIpc) is 2.12. The van der Waals surface area contributed by atoms with Crippen molar-refractivity contribution in [1.29, 1.82) is 0 Å². The number of rotatable bonds is 6. The highest BCUT2D eigenvalue weighted by Gasteiger charge is 2.47. The Balaban J connectivity index is 5.27. The van der Waals surface area contributed by atoms with Gasteiger partial charge in [0.2, 0.25) is 0 Å². The van der Waals surface area contributed by atoms with Gasteiger partial charge in [-0.15, -0.1) is 0 Å². The van der Waals surface area contributed by atoms with E-state index in [4.69, 9.17) is 20.5 Å². The third kappa shape index (κ3) is 2.23. The zero-order valence-corrected chi connectivity index (χ0v) is 8.87. The molecule has 0 aliphatic heterocycles. The van der Waals surface area contributed by atoms with Crippen LogP contribution in [0.25, 0.3) is 0 Å². The van der Waals surface area contributed by atoms with E-state index in [2.05, 4.69) is 0 Å². The SMILES string of the molecule is CCC(CO)(C(CN)CO)S(=O)(=O)O. The molecule has 0 heterocycles. The van der Waals surface area contributed by atoms with Gasteiger partial charge in [-0.25, -0.2) is 0 Å². The van der Waals surface area contributed by atoms with E-state index in [1.807, 2.05) is 0 Å². The lowest BCUT2D eigenvalue weighted by atomic mass is 9.90. The molecule has 14 heavy (non-hydrogen) atoms. The van der Waals surface area contributed by atoms with Crippen LogP contribution in [-0.4, -0.2) is 47.7 Å². The maximum Gasteiger partial charge on any atom is 0.273 e. The topological polar surface area (TPSA) is 121 Å². The van der Waals surface area contributed by atoms with E-state index in [9.17, 15) is 8.42 Å². The predicted octanol–water partition coefficient (Wildman–Crippen LogP) is -1.42. The molecular weight excluding hydrogens is 210 g/mol. The maximum absolute atomic E-state index is 11.1. The molecule has 86 valence electrons. The van der Waals surface area contributed by atoms with Crippen LogP contribution in [0.2, 0.25) is 0 Å². The monoisotopic (exact) mass is 227 g/mol. The molecule has 0 aromatic rings. The zero-order valence-electron chi connectivity index (χ0n) is 8.05. The van der Waals surface area contributed by atoms with Crippen molar-refractivity contribution < 1.29 is 23.2 Å². The smallest absolute Gasteiger partial charge is 0.273 e. The van der Waals surface area contributed by atoms with Crippen LogP contribution in [0.1, 0.15) is 13.3 Å². The molecule has 0 amide bonds. The number of hydrogen-bond acceptors (Lipinski definition) is 5. The van der Waals surface area contributed by atoms with E-state index in [1.165, 1.54) is 6.92 Å². The molecule has 2 atom stereocenters. The summed E-state index contributed by atoms with van der Waals surface area (Å²) < 4.78 is 29.5. The van der Waals surface area contributed by atoms with Gasteiger partial charge in [-0.2, -0.15) is 8.42 Å². The van der Waals surface area contributed by atoms with Crippen LogP contribution in [0, 0.1) is 5.92 Å². The fourth-order valence-corrected chi connectivity index (χ4v) is 2.58. The molecule has 2 unspecified atom stereocenters. The van der Waals surface area contributed by atoms with E-state index in [0.717, 1.165) is 0 Å². The summed E-state index contributed by atoms with van der Waals surface area (Å²) in [6.45, 7) is 0.127.